The van der Waals surface area contributed by atoms with Crippen molar-refractivity contribution in [3.63, 3.8) is 0 Å². The Bertz CT molecular complexity index is 2010. The quantitative estimate of drug-likeness (QED) is 0.378. The number of anilines is 1. The molecule has 4 aromatic rings. The van der Waals surface area contributed by atoms with Gasteiger partial charge in [0.15, 0.2) is 0 Å². The number of fused-ring (bicyclic) bond motifs is 1. The number of amides is 1. The summed E-state index contributed by atoms with van der Waals surface area (Å²) in [4.78, 5) is 36.7. The molecule has 204 valence electrons. The van der Waals surface area contributed by atoms with Crippen LogP contribution in [-0.4, -0.2) is 58.5 Å². The fourth-order valence-electron chi connectivity index (χ4n) is 4.74. The maximum atomic E-state index is 14.0. The number of hydrogen-bond donors (Lipinski definition) is 2. The van der Waals surface area contributed by atoms with Crippen LogP contribution in [0.1, 0.15) is 63.6 Å². The smallest absolute Gasteiger partial charge is 0.253 e. The monoisotopic (exact) mass is 534 g/mol. The highest BCUT2D eigenvalue weighted by Gasteiger charge is 2.20. The minimum atomic E-state index is -1.93. The van der Waals surface area contributed by atoms with E-state index in [1.807, 2.05) is 13.8 Å². The van der Waals surface area contributed by atoms with E-state index in [2.05, 4.69) is 15.3 Å². The molecular weight excluding hydrogens is 488 g/mol. The number of aryl methyl sites for hydroxylation is 3. The number of piperazine rings is 1. The van der Waals surface area contributed by atoms with Gasteiger partial charge in [0, 0.05) is 84.4 Å². The summed E-state index contributed by atoms with van der Waals surface area (Å²) in [5, 5.41) is 2.93. The first kappa shape index (κ1) is 18.4. The minimum absolute atomic E-state index is 0.0222. The van der Waals surface area contributed by atoms with Crippen LogP contribution < -0.4 is 15.8 Å². The van der Waals surface area contributed by atoms with Crippen molar-refractivity contribution in [3.8, 4) is 11.1 Å². The molecule has 1 aromatic carbocycles. The fraction of sp³-hybridized carbons (Fsp3) is 0.387. The molecule has 0 spiro atoms. The molecule has 1 fully saturated rings. The second-order valence-corrected chi connectivity index (χ2v) is 10.3. The lowest BCUT2D eigenvalue weighted by atomic mass is 9.98. The average molecular weight is 535 g/mol. The molecule has 0 atom stereocenters. The van der Waals surface area contributed by atoms with Crippen molar-refractivity contribution in [1.29, 1.82) is 0 Å². The van der Waals surface area contributed by atoms with Gasteiger partial charge in [0.25, 0.3) is 11.5 Å². The Hall–Kier alpha value is -3.91. The third-order valence-corrected chi connectivity index (χ3v) is 6.86. The Morgan fingerprint density at radius 3 is 2.67 bits per heavy atom. The van der Waals surface area contributed by atoms with E-state index in [1.54, 1.807) is 43.4 Å². The molecule has 0 aliphatic carbocycles. The third kappa shape index (κ3) is 5.34. The zero-order valence-corrected chi connectivity index (χ0v) is 23.1. The van der Waals surface area contributed by atoms with Gasteiger partial charge in [-0.25, -0.2) is 4.98 Å². The van der Waals surface area contributed by atoms with Crippen molar-refractivity contribution in [2.24, 2.45) is 0 Å². The van der Waals surface area contributed by atoms with Gasteiger partial charge in [-0.2, -0.15) is 0 Å². The van der Waals surface area contributed by atoms with E-state index in [4.69, 9.17) is 8.22 Å². The van der Waals surface area contributed by atoms with Gasteiger partial charge in [-0.3, -0.25) is 9.59 Å². The molecule has 3 aromatic heterocycles. The van der Waals surface area contributed by atoms with Crippen LogP contribution in [0.15, 0.2) is 47.4 Å². The van der Waals surface area contributed by atoms with Gasteiger partial charge >= 0.3 is 0 Å². The van der Waals surface area contributed by atoms with Crippen molar-refractivity contribution < 1.29 is 15.8 Å². The normalized spacial score (nSPS) is 18.6. The molecule has 8 nitrogen and oxygen atoms in total. The highest BCUT2D eigenvalue weighted by molar-refractivity contribution is 6.09. The third-order valence-electron chi connectivity index (χ3n) is 6.86. The summed E-state index contributed by atoms with van der Waals surface area (Å²) in [6.07, 6.45) is -0.514. The van der Waals surface area contributed by atoms with Crippen LogP contribution in [0.4, 0.5) is 5.82 Å². The van der Waals surface area contributed by atoms with Crippen molar-refractivity contribution in [2.75, 3.05) is 38.1 Å². The lowest BCUT2D eigenvalue weighted by Gasteiger charge is -2.33. The van der Waals surface area contributed by atoms with Crippen LogP contribution in [0, 0.1) is 20.8 Å². The summed E-state index contributed by atoms with van der Waals surface area (Å²) >= 11 is 0. The molecule has 1 aliphatic rings. The number of hydrogen-bond acceptors (Lipinski definition) is 5. The lowest BCUT2D eigenvalue weighted by Crippen LogP contribution is -2.44. The summed E-state index contributed by atoms with van der Waals surface area (Å²) in [5.74, 6) is -0.934. The highest BCUT2D eigenvalue weighted by Crippen LogP contribution is 2.33. The molecule has 5 rings (SSSR count). The summed E-state index contributed by atoms with van der Waals surface area (Å²) in [7, 11) is 1.77. The molecule has 1 amide bonds. The molecule has 1 saturated heterocycles. The van der Waals surface area contributed by atoms with E-state index in [9.17, 15) is 12.3 Å². The molecule has 1 aliphatic heterocycles. The maximum absolute atomic E-state index is 14.0. The molecule has 8 heteroatoms. The average Bonchev–Trinajstić information content (AvgIpc) is 3.22. The van der Waals surface area contributed by atoms with Crippen molar-refractivity contribution in [1.82, 2.24) is 24.8 Å². The van der Waals surface area contributed by atoms with Gasteiger partial charge in [0.2, 0.25) is 0 Å². The van der Waals surface area contributed by atoms with Crippen LogP contribution in [0.3, 0.4) is 0 Å². The first-order valence-electron chi connectivity index (χ1n) is 16.9. The number of carbonyl (C=O) groups excluding carboxylic acids is 1. The Balaban J connectivity index is 1.75. The molecule has 0 radical (unpaired) electrons. The van der Waals surface area contributed by atoms with Gasteiger partial charge in [0.05, 0.1) is 11.0 Å². The van der Waals surface area contributed by atoms with Crippen LogP contribution in [-0.2, 0) is 6.54 Å². The largest absolute Gasteiger partial charge is 0.354 e. The van der Waals surface area contributed by atoms with Crippen LogP contribution >= 0.6 is 0 Å². The van der Waals surface area contributed by atoms with E-state index in [1.165, 1.54) is 4.90 Å². The number of nitrogens with zero attached hydrogens (tertiary/aromatic N) is 4. The highest BCUT2D eigenvalue weighted by atomic mass is 16.1. The summed E-state index contributed by atoms with van der Waals surface area (Å²) < 4.78 is 72.7. The number of nitrogens with one attached hydrogen (secondary N) is 2. The van der Waals surface area contributed by atoms with Crippen molar-refractivity contribution in [3.05, 3.63) is 80.9 Å². The molecule has 4 heterocycles. The van der Waals surface area contributed by atoms with Gasteiger partial charge in [-0.05, 0) is 88.6 Å². The summed E-state index contributed by atoms with van der Waals surface area (Å²) in [6.45, 7) is 7.31. The van der Waals surface area contributed by atoms with Gasteiger partial charge < -0.3 is 24.7 Å². The second-order valence-electron chi connectivity index (χ2n) is 10.3. The zero-order chi connectivity index (χ0) is 34.9. The first-order valence-corrected chi connectivity index (χ1v) is 12.9. The standard InChI is InChI=1S/C31H38N6O2/c1-19(2)37-18-21(4)29-25(30(38)33-17-26-20(3)13-22(5)34-31(26)39)14-24(15-27(29)37)23-7-8-28(32-16-23)36-11-9-35(6)10-12-36/h7-8,13-16,18-19H,9-12,17H2,1-6H3,(H,33,38)(H,34,39)/i7D,8D,11D2,14D,15D,16D,18D. The van der Waals surface area contributed by atoms with Crippen LogP contribution in [0.2, 0.25) is 0 Å². The number of aromatic nitrogens is 3. The van der Waals surface area contributed by atoms with Crippen molar-refractivity contribution in [2.45, 2.75) is 47.2 Å². The van der Waals surface area contributed by atoms with Gasteiger partial charge in [-0.1, -0.05) is 0 Å². The molecule has 2 N–H and O–H groups in total. The minimum Gasteiger partial charge on any atom is -0.354 e. The molecular formula is C31H38N6O2. The maximum Gasteiger partial charge on any atom is 0.253 e. The van der Waals surface area contributed by atoms with Gasteiger partial charge in [-0.15, -0.1) is 0 Å². The Labute approximate surface area is 240 Å². The van der Waals surface area contributed by atoms with Gasteiger partial charge in [0.1, 0.15) is 5.82 Å². The van der Waals surface area contributed by atoms with Crippen LogP contribution in [0.25, 0.3) is 22.0 Å². The Morgan fingerprint density at radius 1 is 1.15 bits per heavy atom. The second kappa shape index (κ2) is 10.7. The SMILES string of the molecule is [2H]c1nc(N2CCN(C)CC2([2H])[2H])c([2H])c([2H])c1-c1c([2H])c(C(=O)NCc2c(C)cc(C)[nH]c2=O)c2c(C)c([2H])n(C(C)C)c2c1[2H]. The summed E-state index contributed by atoms with van der Waals surface area (Å²) in [6, 6.07) is -0.348. The molecule has 0 bridgehead atoms. The number of aromatic amines is 1. The zero-order valence-electron chi connectivity index (χ0n) is 31.1. The molecule has 39 heavy (non-hydrogen) atoms. The van der Waals surface area contributed by atoms with E-state index in [-0.39, 0.29) is 76.9 Å². The Morgan fingerprint density at radius 2 is 1.95 bits per heavy atom. The number of H-pyrrole nitrogens is 1. The van der Waals surface area contributed by atoms with Crippen LogP contribution in [0.5, 0.6) is 0 Å². The number of carbonyl (C=O) groups is 1. The predicted molar refractivity (Wildman–Crippen MR) is 158 cm³/mol. The fourth-order valence-corrected chi connectivity index (χ4v) is 4.74. The number of pyridine rings is 2. The number of rotatable bonds is 6. The number of likely N-dealkylation sites (N-methyl/N-ethyl adjacent to an activating group) is 1. The molecule has 0 unspecified atom stereocenters. The Kier molecular flexibility index (Phi) is 5.04. The van der Waals surface area contributed by atoms with E-state index in [0.717, 1.165) is 0 Å². The predicted octanol–water partition coefficient (Wildman–Crippen LogP) is 4.58. The molecule has 0 saturated carbocycles. The van der Waals surface area contributed by atoms with E-state index >= 15 is 0 Å². The van der Waals surface area contributed by atoms with E-state index in [0.29, 0.717) is 28.9 Å². The topological polar surface area (TPSA) is 86.3 Å². The number of benzene rings is 1. The lowest BCUT2D eigenvalue weighted by molar-refractivity contribution is 0.0952. The first-order chi connectivity index (χ1) is 21.9. The summed E-state index contributed by atoms with van der Waals surface area (Å²) in [5.41, 5.74) is 1.03. The van der Waals surface area contributed by atoms with E-state index < -0.39 is 36.7 Å². The van der Waals surface area contributed by atoms with Crippen molar-refractivity contribution >= 4 is 22.6 Å².